The molecular formula is C11H20N2. The van der Waals surface area contributed by atoms with Crippen LogP contribution in [0.3, 0.4) is 0 Å². The first-order valence-electron chi connectivity index (χ1n) is 5.27. The minimum Gasteiger partial charge on any atom is -0.269 e. The molecule has 2 nitrogen and oxygen atoms in total. The fourth-order valence-electron chi connectivity index (χ4n) is 1.53. The third-order valence-electron chi connectivity index (χ3n) is 2.31. The largest absolute Gasteiger partial charge is 0.269 e. The fourth-order valence-corrected chi connectivity index (χ4v) is 1.53. The maximum Gasteiger partial charge on any atom is 0.0492 e. The topological polar surface area (TPSA) is 17.8 Å². The van der Waals surface area contributed by atoms with E-state index < -0.39 is 0 Å². The lowest BCUT2D eigenvalue weighted by Gasteiger charge is -2.09. The molecular weight excluding hydrogens is 160 g/mol. The maximum absolute atomic E-state index is 4.33. The molecule has 0 unspecified atom stereocenters. The van der Waals surface area contributed by atoms with Gasteiger partial charge in [-0.25, -0.2) is 0 Å². The van der Waals surface area contributed by atoms with Crippen molar-refractivity contribution in [3.8, 4) is 0 Å². The second kappa shape index (κ2) is 5.05. The molecule has 0 radical (unpaired) electrons. The van der Waals surface area contributed by atoms with Gasteiger partial charge in [-0.2, -0.15) is 5.10 Å². The van der Waals surface area contributed by atoms with Crippen LogP contribution < -0.4 is 0 Å². The molecule has 0 saturated heterocycles. The first-order chi connectivity index (χ1) is 6.25. The van der Waals surface area contributed by atoms with Crippen LogP contribution in [0, 0.1) is 0 Å². The van der Waals surface area contributed by atoms with Crippen molar-refractivity contribution in [2.45, 2.75) is 52.5 Å². The molecule has 0 aliphatic rings. The van der Waals surface area contributed by atoms with Gasteiger partial charge in [0.2, 0.25) is 0 Å². The second-order valence-electron chi connectivity index (χ2n) is 3.84. The van der Waals surface area contributed by atoms with Crippen molar-refractivity contribution < 1.29 is 0 Å². The van der Waals surface area contributed by atoms with E-state index in [4.69, 9.17) is 0 Å². The predicted molar refractivity (Wildman–Crippen MR) is 55.8 cm³/mol. The van der Waals surface area contributed by atoms with Gasteiger partial charge in [0.1, 0.15) is 0 Å². The fraction of sp³-hybridized carbons (Fsp3) is 0.727. The van der Waals surface area contributed by atoms with Crippen molar-refractivity contribution in [2.24, 2.45) is 0 Å². The summed E-state index contributed by atoms with van der Waals surface area (Å²) in [7, 11) is 0. The van der Waals surface area contributed by atoms with Crippen molar-refractivity contribution in [2.75, 3.05) is 0 Å². The highest BCUT2D eigenvalue weighted by Gasteiger charge is 2.05. The van der Waals surface area contributed by atoms with E-state index in [9.17, 15) is 0 Å². The molecule has 1 heterocycles. The lowest BCUT2D eigenvalue weighted by molar-refractivity contribution is 0.523. The zero-order valence-electron chi connectivity index (χ0n) is 8.95. The van der Waals surface area contributed by atoms with Crippen LogP contribution in [0.15, 0.2) is 12.3 Å². The minimum atomic E-state index is 0.587. The number of aryl methyl sites for hydroxylation is 1. The number of unbranched alkanes of at least 4 members (excludes halogenated alkanes) is 2. The number of rotatable bonds is 5. The van der Waals surface area contributed by atoms with Crippen molar-refractivity contribution in [1.29, 1.82) is 0 Å². The van der Waals surface area contributed by atoms with Crippen LogP contribution in [0.4, 0.5) is 0 Å². The van der Waals surface area contributed by atoms with Gasteiger partial charge >= 0.3 is 0 Å². The SMILES string of the molecule is CCCCCn1nccc1C(C)C. The molecule has 2 heteroatoms. The van der Waals surface area contributed by atoms with E-state index in [-0.39, 0.29) is 0 Å². The summed E-state index contributed by atoms with van der Waals surface area (Å²) in [6.45, 7) is 7.74. The normalized spacial score (nSPS) is 11.1. The van der Waals surface area contributed by atoms with Gasteiger partial charge in [-0.3, -0.25) is 4.68 Å². The van der Waals surface area contributed by atoms with E-state index in [1.54, 1.807) is 0 Å². The molecule has 0 saturated carbocycles. The summed E-state index contributed by atoms with van der Waals surface area (Å²) in [5.41, 5.74) is 1.36. The van der Waals surface area contributed by atoms with E-state index >= 15 is 0 Å². The molecule has 13 heavy (non-hydrogen) atoms. The van der Waals surface area contributed by atoms with Gasteiger partial charge in [-0.15, -0.1) is 0 Å². The van der Waals surface area contributed by atoms with Crippen molar-refractivity contribution >= 4 is 0 Å². The third-order valence-corrected chi connectivity index (χ3v) is 2.31. The number of hydrogen-bond acceptors (Lipinski definition) is 1. The van der Waals surface area contributed by atoms with E-state index in [1.807, 2.05) is 6.20 Å². The van der Waals surface area contributed by atoms with E-state index in [0.717, 1.165) is 6.54 Å². The number of aromatic nitrogens is 2. The average molecular weight is 180 g/mol. The van der Waals surface area contributed by atoms with Gasteiger partial charge in [0.15, 0.2) is 0 Å². The number of nitrogens with zero attached hydrogens (tertiary/aromatic N) is 2. The van der Waals surface area contributed by atoms with Crippen LogP contribution in [-0.4, -0.2) is 9.78 Å². The first-order valence-corrected chi connectivity index (χ1v) is 5.27. The smallest absolute Gasteiger partial charge is 0.0492 e. The number of hydrogen-bond donors (Lipinski definition) is 0. The van der Waals surface area contributed by atoms with E-state index in [1.165, 1.54) is 25.0 Å². The summed E-state index contributed by atoms with van der Waals surface area (Å²) in [5.74, 6) is 0.587. The summed E-state index contributed by atoms with van der Waals surface area (Å²) in [6.07, 6.45) is 5.73. The second-order valence-corrected chi connectivity index (χ2v) is 3.84. The Bertz CT molecular complexity index is 238. The van der Waals surface area contributed by atoms with Gasteiger partial charge in [-0.05, 0) is 18.4 Å². The highest BCUT2D eigenvalue weighted by atomic mass is 15.3. The third kappa shape index (κ3) is 2.87. The van der Waals surface area contributed by atoms with Crippen LogP contribution in [0.1, 0.15) is 51.6 Å². The minimum absolute atomic E-state index is 0.587. The molecule has 0 aliphatic heterocycles. The summed E-state index contributed by atoms with van der Waals surface area (Å²) >= 11 is 0. The Morgan fingerprint density at radius 2 is 2.15 bits per heavy atom. The Morgan fingerprint density at radius 1 is 1.38 bits per heavy atom. The van der Waals surface area contributed by atoms with Crippen LogP contribution in [0.2, 0.25) is 0 Å². The van der Waals surface area contributed by atoms with Crippen LogP contribution in [0.25, 0.3) is 0 Å². The highest BCUT2D eigenvalue weighted by Crippen LogP contribution is 2.13. The molecule has 0 fully saturated rings. The van der Waals surface area contributed by atoms with Gasteiger partial charge in [0, 0.05) is 18.4 Å². The van der Waals surface area contributed by atoms with Crippen LogP contribution in [0.5, 0.6) is 0 Å². The molecule has 1 aromatic rings. The molecule has 1 aromatic heterocycles. The maximum atomic E-state index is 4.33. The van der Waals surface area contributed by atoms with E-state index in [2.05, 4.69) is 36.6 Å². The van der Waals surface area contributed by atoms with Crippen LogP contribution in [-0.2, 0) is 6.54 Å². The van der Waals surface area contributed by atoms with Crippen molar-refractivity contribution in [1.82, 2.24) is 9.78 Å². The Morgan fingerprint density at radius 3 is 2.77 bits per heavy atom. The molecule has 74 valence electrons. The zero-order chi connectivity index (χ0) is 9.68. The van der Waals surface area contributed by atoms with Gasteiger partial charge in [0.25, 0.3) is 0 Å². The average Bonchev–Trinajstić information content (AvgIpc) is 2.53. The molecule has 0 bridgehead atoms. The Balaban J connectivity index is 2.50. The molecule has 0 aromatic carbocycles. The predicted octanol–water partition coefficient (Wildman–Crippen LogP) is 3.20. The zero-order valence-corrected chi connectivity index (χ0v) is 8.95. The van der Waals surface area contributed by atoms with Crippen molar-refractivity contribution in [3.63, 3.8) is 0 Å². The quantitative estimate of drug-likeness (QED) is 0.636. The summed E-state index contributed by atoms with van der Waals surface area (Å²) < 4.78 is 2.14. The van der Waals surface area contributed by atoms with Crippen LogP contribution >= 0.6 is 0 Å². The molecule has 0 atom stereocenters. The van der Waals surface area contributed by atoms with Crippen molar-refractivity contribution in [3.05, 3.63) is 18.0 Å². The first kappa shape index (κ1) is 10.3. The lowest BCUT2D eigenvalue weighted by Crippen LogP contribution is -2.06. The molecule has 0 N–H and O–H groups in total. The summed E-state index contributed by atoms with van der Waals surface area (Å²) in [6, 6.07) is 2.12. The summed E-state index contributed by atoms with van der Waals surface area (Å²) in [4.78, 5) is 0. The molecule has 0 aliphatic carbocycles. The Hall–Kier alpha value is -0.790. The Labute approximate surface area is 81.0 Å². The van der Waals surface area contributed by atoms with Gasteiger partial charge in [-0.1, -0.05) is 33.6 Å². The molecule has 0 spiro atoms. The van der Waals surface area contributed by atoms with Gasteiger partial charge in [0.05, 0.1) is 0 Å². The van der Waals surface area contributed by atoms with E-state index in [0.29, 0.717) is 5.92 Å². The van der Waals surface area contributed by atoms with Gasteiger partial charge < -0.3 is 0 Å². The lowest BCUT2D eigenvalue weighted by atomic mass is 10.1. The highest BCUT2D eigenvalue weighted by molar-refractivity contribution is 5.05. The summed E-state index contributed by atoms with van der Waals surface area (Å²) in [5, 5.41) is 4.33. The standard InChI is InChI=1S/C11H20N2/c1-4-5-6-9-13-11(10(2)3)7-8-12-13/h7-8,10H,4-6,9H2,1-3H3. The molecule has 1 rings (SSSR count). The monoisotopic (exact) mass is 180 g/mol. The molecule has 0 amide bonds. The Kier molecular flexibility index (Phi) is 4.00.